The third-order valence-corrected chi connectivity index (χ3v) is 5.95. The molecule has 3 aliphatic rings. The molecule has 5 rings (SSSR count). The Kier molecular flexibility index (Phi) is 4.52. The number of hydrogen-bond donors (Lipinski definition) is 1. The molecule has 2 aromatic rings. The highest BCUT2D eigenvalue weighted by molar-refractivity contribution is 5.99. The van der Waals surface area contributed by atoms with Gasteiger partial charge in [-0.3, -0.25) is 9.59 Å². The summed E-state index contributed by atoms with van der Waals surface area (Å²) in [6.07, 6.45) is 3.79. The molecule has 8 nitrogen and oxygen atoms in total. The molecule has 0 aliphatic carbocycles. The third-order valence-electron chi connectivity index (χ3n) is 5.95. The predicted octanol–water partition coefficient (Wildman–Crippen LogP) is 1.12. The van der Waals surface area contributed by atoms with Crippen molar-refractivity contribution in [3.05, 3.63) is 29.8 Å². The number of aromatic nitrogens is 1. The van der Waals surface area contributed by atoms with Crippen LogP contribution in [0.15, 0.2) is 22.7 Å². The van der Waals surface area contributed by atoms with E-state index in [4.69, 9.17) is 9.15 Å². The number of morpholine rings is 1. The van der Waals surface area contributed by atoms with Crippen LogP contribution in [-0.4, -0.2) is 78.6 Å². The molecule has 0 spiro atoms. The fourth-order valence-corrected chi connectivity index (χ4v) is 4.52. The molecule has 0 saturated carbocycles. The van der Waals surface area contributed by atoms with Gasteiger partial charge in [0.15, 0.2) is 11.3 Å². The van der Waals surface area contributed by atoms with Crippen LogP contribution in [0.5, 0.6) is 0 Å². The molecule has 0 radical (unpaired) electrons. The van der Waals surface area contributed by atoms with E-state index in [1.807, 2.05) is 0 Å². The third kappa shape index (κ3) is 3.38. The molecule has 5 heterocycles. The number of pyridine rings is 1. The lowest BCUT2D eigenvalue weighted by Crippen LogP contribution is -2.47. The first-order valence-electron chi connectivity index (χ1n) is 9.95. The number of nitrogens with one attached hydrogen (secondary N) is 1. The molecular formula is C20H24N4O4. The minimum Gasteiger partial charge on any atom is -0.449 e. The van der Waals surface area contributed by atoms with E-state index < -0.39 is 0 Å². The van der Waals surface area contributed by atoms with Crippen molar-refractivity contribution >= 4 is 22.8 Å². The van der Waals surface area contributed by atoms with Crippen molar-refractivity contribution in [1.29, 1.82) is 0 Å². The van der Waals surface area contributed by atoms with Crippen LogP contribution in [0, 0.1) is 5.92 Å². The highest BCUT2D eigenvalue weighted by atomic mass is 16.5. The molecule has 3 saturated heterocycles. The summed E-state index contributed by atoms with van der Waals surface area (Å²) in [4.78, 5) is 33.6. The van der Waals surface area contributed by atoms with E-state index in [0.717, 1.165) is 26.1 Å². The standard InChI is InChI=1S/C20H24N4O4/c25-19(22-15-7-13-1-2-23(11-13)12-15)16-8-14-9-17(28-18(14)10-21-16)20(26)24-3-5-27-6-4-24/h8-10,13,15H,1-7,11-12H2,(H,22,25)/t13-,15+/m0/s1. The highest BCUT2D eigenvalue weighted by Crippen LogP contribution is 2.27. The van der Waals surface area contributed by atoms with Crippen LogP contribution >= 0.6 is 0 Å². The van der Waals surface area contributed by atoms with Gasteiger partial charge in [0.25, 0.3) is 11.8 Å². The molecule has 2 aromatic heterocycles. The zero-order valence-electron chi connectivity index (χ0n) is 15.7. The monoisotopic (exact) mass is 384 g/mol. The Balaban J connectivity index is 1.30. The number of hydrogen-bond acceptors (Lipinski definition) is 6. The second-order valence-corrected chi connectivity index (χ2v) is 7.94. The number of amides is 2. The summed E-state index contributed by atoms with van der Waals surface area (Å²) < 4.78 is 11.0. The molecule has 3 atom stereocenters. The fraction of sp³-hybridized carbons (Fsp3) is 0.550. The van der Waals surface area contributed by atoms with Crippen molar-refractivity contribution in [3.63, 3.8) is 0 Å². The molecule has 1 unspecified atom stereocenters. The smallest absolute Gasteiger partial charge is 0.289 e. The van der Waals surface area contributed by atoms with E-state index >= 15 is 0 Å². The number of carbonyl (C=O) groups is 2. The van der Waals surface area contributed by atoms with Gasteiger partial charge in [0, 0.05) is 37.6 Å². The second kappa shape index (κ2) is 7.18. The Labute approximate surface area is 162 Å². The molecule has 3 fully saturated rings. The van der Waals surface area contributed by atoms with Crippen molar-refractivity contribution in [2.24, 2.45) is 5.92 Å². The van der Waals surface area contributed by atoms with E-state index in [1.165, 1.54) is 12.6 Å². The summed E-state index contributed by atoms with van der Waals surface area (Å²) >= 11 is 0. The Morgan fingerprint density at radius 3 is 2.82 bits per heavy atom. The predicted molar refractivity (Wildman–Crippen MR) is 101 cm³/mol. The normalized spacial score (nSPS) is 27.1. The quantitative estimate of drug-likeness (QED) is 0.853. The molecule has 2 bridgehead atoms. The van der Waals surface area contributed by atoms with Gasteiger partial charge < -0.3 is 24.3 Å². The number of piperidine rings is 1. The van der Waals surface area contributed by atoms with Crippen LogP contribution in [0.4, 0.5) is 0 Å². The van der Waals surface area contributed by atoms with Gasteiger partial charge in [-0.05, 0) is 37.4 Å². The van der Waals surface area contributed by atoms with Crippen LogP contribution < -0.4 is 5.32 Å². The first-order valence-corrected chi connectivity index (χ1v) is 9.95. The molecule has 28 heavy (non-hydrogen) atoms. The van der Waals surface area contributed by atoms with Crippen molar-refractivity contribution in [1.82, 2.24) is 20.1 Å². The van der Waals surface area contributed by atoms with Crippen LogP contribution in [0.1, 0.15) is 33.9 Å². The Morgan fingerprint density at radius 2 is 2.00 bits per heavy atom. The lowest BCUT2D eigenvalue weighted by molar-refractivity contribution is 0.0284. The van der Waals surface area contributed by atoms with E-state index in [2.05, 4.69) is 15.2 Å². The molecule has 148 valence electrons. The fourth-order valence-electron chi connectivity index (χ4n) is 4.52. The summed E-state index contributed by atoms with van der Waals surface area (Å²) in [7, 11) is 0. The number of furan rings is 1. The summed E-state index contributed by atoms with van der Waals surface area (Å²) in [6, 6.07) is 3.56. The molecular weight excluding hydrogens is 360 g/mol. The highest BCUT2D eigenvalue weighted by Gasteiger charge is 2.33. The summed E-state index contributed by atoms with van der Waals surface area (Å²) in [5.41, 5.74) is 0.863. The van der Waals surface area contributed by atoms with Gasteiger partial charge in [0.05, 0.1) is 19.4 Å². The van der Waals surface area contributed by atoms with Gasteiger partial charge >= 0.3 is 0 Å². The molecule has 0 aromatic carbocycles. The average molecular weight is 384 g/mol. The first-order chi connectivity index (χ1) is 13.7. The lowest BCUT2D eigenvalue weighted by atomic mass is 9.97. The summed E-state index contributed by atoms with van der Waals surface area (Å²) in [6.45, 7) is 5.40. The van der Waals surface area contributed by atoms with Crippen molar-refractivity contribution < 1.29 is 18.7 Å². The second-order valence-electron chi connectivity index (χ2n) is 7.94. The Hall–Kier alpha value is -2.45. The number of ether oxygens (including phenoxy) is 1. The molecule has 8 heteroatoms. The zero-order valence-corrected chi connectivity index (χ0v) is 15.7. The maximum atomic E-state index is 12.7. The molecule has 1 N–H and O–H groups in total. The minimum atomic E-state index is -0.170. The van der Waals surface area contributed by atoms with E-state index in [0.29, 0.717) is 48.9 Å². The number of carbonyl (C=O) groups excluding carboxylic acids is 2. The minimum absolute atomic E-state index is 0.155. The summed E-state index contributed by atoms with van der Waals surface area (Å²) in [5, 5.41) is 3.83. The van der Waals surface area contributed by atoms with Crippen LogP contribution in [0.25, 0.3) is 11.0 Å². The van der Waals surface area contributed by atoms with Gasteiger partial charge in [-0.1, -0.05) is 0 Å². The maximum absolute atomic E-state index is 12.7. The zero-order chi connectivity index (χ0) is 19.1. The van der Waals surface area contributed by atoms with E-state index in [1.54, 1.807) is 17.0 Å². The van der Waals surface area contributed by atoms with Gasteiger partial charge in [-0.25, -0.2) is 4.98 Å². The molecule has 2 amide bonds. The van der Waals surface area contributed by atoms with Crippen molar-refractivity contribution in [3.8, 4) is 0 Å². The van der Waals surface area contributed by atoms with Crippen LogP contribution in [-0.2, 0) is 4.74 Å². The Morgan fingerprint density at radius 1 is 1.14 bits per heavy atom. The summed E-state index contributed by atoms with van der Waals surface area (Å²) in [5.74, 6) is 0.638. The number of fused-ring (bicyclic) bond motifs is 3. The van der Waals surface area contributed by atoms with Gasteiger partial charge in [-0.15, -0.1) is 0 Å². The molecule has 3 aliphatic heterocycles. The van der Waals surface area contributed by atoms with Gasteiger partial charge in [0.1, 0.15) is 5.69 Å². The Bertz CT molecular complexity index is 893. The topological polar surface area (TPSA) is 87.9 Å². The first kappa shape index (κ1) is 17.6. The van der Waals surface area contributed by atoms with Gasteiger partial charge in [-0.2, -0.15) is 0 Å². The van der Waals surface area contributed by atoms with Crippen LogP contribution in [0.3, 0.4) is 0 Å². The lowest BCUT2D eigenvalue weighted by Gasteiger charge is -2.30. The van der Waals surface area contributed by atoms with Crippen molar-refractivity contribution in [2.45, 2.75) is 18.9 Å². The maximum Gasteiger partial charge on any atom is 0.289 e. The van der Waals surface area contributed by atoms with E-state index in [-0.39, 0.29) is 23.6 Å². The number of nitrogens with zero attached hydrogens (tertiary/aromatic N) is 3. The largest absolute Gasteiger partial charge is 0.449 e. The van der Waals surface area contributed by atoms with Crippen molar-refractivity contribution in [2.75, 3.05) is 45.9 Å². The van der Waals surface area contributed by atoms with Gasteiger partial charge in [0.2, 0.25) is 0 Å². The SMILES string of the molecule is O=C(N[C@@H]1C[C@@H]2CCN(C2)C1)c1cc2cc(C(=O)N3CCOCC3)oc2cn1. The number of rotatable bonds is 3. The van der Waals surface area contributed by atoms with E-state index in [9.17, 15) is 9.59 Å². The average Bonchev–Trinajstić information content (AvgIpc) is 3.30. The van der Waals surface area contributed by atoms with Crippen LogP contribution in [0.2, 0.25) is 0 Å².